The highest BCUT2D eigenvalue weighted by Crippen LogP contribution is 2.28. The SMILES string of the molecule is C[C@@H](O)C[C@H]1CCCN1c1ncccc1F. The van der Waals surface area contributed by atoms with Crippen LogP contribution in [0.1, 0.15) is 26.2 Å². The fraction of sp³-hybridized carbons (Fsp3) is 0.583. The molecular weight excluding hydrogens is 207 g/mol. The van der Waals surface area contributed by atoms with Crippen LogP contribution in [0.3, 0.4) is 0 Å². The third-order valence-corrected chi connectivity index (χ3v) is 3.00. The number of halogens is 1. The summed E-state index contributed by atoms with van der Waals surface area (Å²) in [5.74, 6) is 0.144. The lowest BCUT2D eigenvalue weighted by molar-refractivity contribution is 0.175. The molecule has 3 nitrogen and oxygen atoms in total. The highest BCUT2D eigenvalue weighted by molar-refractivity contribution is 5.42. The van der Waals surface area contributed by atoms with E-state index in [1.807, 2.05) is 4.90 Å². The Bertz CT molecular complexity index is 357. The molecular formula is C12H17FN2O. The molecule has 2 rings (SSSR count). The molecule has 1 fully saturated rings. The van der Waals surface area contributed by atoms with Crippen molar-refractivity contribution in [2.75, 3.05) is 11.4 Å². The van der Waals surface area contributed by atoms with E-state index in [1.165, 1.54) is 6.07 Å². The lowest BCUT2D eigenvalue weighted by Gasteiger charge is -2.26. The maximum atomic E-state index is 13.6. The molecule has 0 saturated carbocycles. The van der Waals surface area contributed by atoms with Gasteiger partial charge in [-0.25, -0.2) is 9.37 Å². The number of aliphatic hydroxyl groups excluding tert-OH is 1. The minimum atomic E-state index is -0.350. The molecule has 1 N–H and O–H groups in total. The Labute approximate surface area is 94.9 Å². The average molecular weight is 224 g/mol. The summed E-state index contributed by atoms with van der Waals surface area (Å²) in [5, 5.41) is 9.41. The molecule has 16 heavy (non-hydrogen) atoms. The van der Waals surface area contributed by atoms with Crippen LogP contribution in [0.25, 0.3) is 0 Å². The summed E-state index contributed by atoms with van der Waals surface area (Å²) in [7, 11) is 0. The molecule has 88 valence electrons. The van der Waals surface area contributed by atoms with Gasteiger partial charge in [0.25, 0.3) is 0 Å². The highest BCUT2D eigenvalue weighted by atomic mass is 19.1. The first kappa shape index (κ1) is 11.3. The standard InChI is InChI=1S/C12H17FN2O/c1-9(16)8-10-4-3-7-15(10)12-11(13)5-2-6-14-12/h2,5-6,9-10,16H,3-4,7-8H2,1H3/t9-,10-/m1/s1. The van der Waals surface area contributed by atoms with E-state index in [0.717, 1.165) is 19.4 Å². The maximum absolute atomic E-state index is 13.6. The van der Waals surface area contributed by atoms with Gasteiger partial charge in [0, 0.05) is 18.8 Å². The van der Waals surface area contributed by atoms with Gasteiger partial charge in [0.2, 0.25) is 0 Å². The average Bonchev–Trinajstić information content (AvgIpc) is 2.66. The second-order valence-electron chi connectivity index (χ2n) is 4.38. The summed E-state index contributed by atoms with van der Waals surface area (Å²) in [5.41, 5.74) is 0. The monoisotopic (exact) mass is 224 g/mol. The molecule has 0 radical (unpaired) electrons. The van der Waals surface area contributed by atoms with Crippen LogP contribution in [-0.4, -0.2) is 28.8 Å². The van der Waals surface area contributed by atoms with E-state index in [4.69, 9.17) is 0 Å². The smallest absolute Gasteiger partial charge is 0.165 e. The van der Waals surface area contributed by atoms with Crippen LogP contribution >= 0.6 is 0 Å². The van der Waals surface area contributed by atoms with E-state index in [9.17, 15) is 9.50 Å². The molecule has 0 aromatic carbocycles. The number of hydrogen-bond acceptors (Lipinski definition) is 3. The molecule has 0 unspecified atom stereocenters. The molecule has 1 aliphatic rings. The topological polar surface area (TPSA) is 36.4 Å². The van der Waals surface area contributed by atoms with Gasteiger partial charge in [0.05, 0.1) is 6.10 Å². The van der Waals surface area contributed by atoms with Crippen molar-refractivity contribution < 1.29 is 9.50 Å². The summed E-state index contributed by atoms with van der Waals surface area (Å²) < 4.78 is 13.6. The lowest BCUT2D eigenvalue weighted by Crippen LogP contribution is -2.33. The zero-order chi connectivity index (χ0) is 11.5. The van der Waals surface area contributed by atoms with Gasteiger partial charge in [-0.3, -0.25) is 0 Å². The van der Waals surface area contributed by atoms with E-state index in [0.29, 0.717) is 12.2 Å². The van der Waals surface area contributed by atoms with Gasteiger partial charge >= 0.3 is 0 Å². The quantitative estimate of drug-likeness (QED) is 0.852. The normalized spacial score (nSPS) is 22.4. The van der Waals surface area contributed by atoms with Crippen molar-refractivity contribution in [3.63, 3.8) is 0 Å². The molecule has 2 atom stereocenters. The van der Waals surface area contributed by atoms with E-state index >= 15 is 0 Å². The summed E-state index contributed by atoms with van der Waals surface area (Å²) in [6.07, 6.45) is 3.97. The first-order chi connectivity index (χ1) is 7.68. The van der Waals surface area contributed by atoms with Crippen LogP contribution in [0.2, 0.25) is 0 Å². The van der Waals surface area contributed by atoms with Gasteiger partial charge in [-0.2, -0.15) is 0 Å². The Balaban J connectivity index is 2.17. The van der Waals surface area contributed by atoms with Gasteiger partial charge in [0.15, 0.2) is 11.6 Å². The lowest BCUT2D eigenvalue weighted by atomic mass is 10.1. The zero-order valence-electron chi connectivity index (χ0n) is 9.43. The molecule has 1 aliphatic heterocycles. The summed E-state index contributed by atoms with van der Waals surface area (Å²) in [6.45, 7) is 2.59. The molecule has 0 aliphatic carbocycles. The molecule has 0 spiro atoms. The Hall–Kier alpha value is -1.16. The minimum absolute atomic E-state index is 0.212. The fourth-order valence-corrected chi connectivity index (χ4v) is 2.34. The van der Waals surface area contributed by atoms with E-state index in [2.05, 4.69) is 4.98 Å². The first-order valence-electron chi connectivity index (χ1n) is 5.73. The number of nitrogens with zero attached hydrogens (tertiary/aromatic N) is 2. The van der Waals surface area contributed by atoms with Gasteiger partial charge in [0.1, 0.15) is 0 Å². The molecule has 4 heteroatoms. The minimum Gasteiger partial charge on any atom is -0.393 e. The van der Waals surface area contributed by atoms with Crippen LogP contribution in [0.5, 0.6) is 0 Å². The fourth-order valence-electron chi connectivity index (χ4n) is 2.34. The molecule has 1 saturated heterocycles. The van der Waals surface area contributed by atoms with E-state index < -0.39 is 0 Å². The Morgan fingerprint density at radius 1 is 1.69 bits per heavy atom. The van der Waals surface area contributed by atoms with Crippen molar-refractivity contribution in [2.45, 2.75) is 38.3 Å². The molecule has 0 bridgehead atoms. The largest absolute Gasteiger partial charge is 0.393 e. The van der Waals surface area contributed by atoms with Crippen LogP contribution in [-0.2, 0) is 0 Å². The third-order valence-electron chi connectivity index (χ3n) is 3.00. The Morgan fingerprint density at radius 3 is 3.19 bits per heavy atom. The van der Waals surface area contributed by atoms with Gasteiger partial charge in [-0.05, 0) is 38.3 Å². The van der Waals surface area contributed by atoms with Crippen molar-refractivity contribution in [2.24, 2.45) is 0 Å². The predicted molar refractivity (Wildman–Crippen MR) is 60.9 cm³/mol. The second-order valence-corrected chi connectivity index (χ2v) is 4.38. The summed E-state index contributed by atoms with van der Waals surface area (Å²) >= 11 is 0. The molecule has 1 aromatic heterocycles. The van der Waals surface area contributed by atoms with Crippen LogP contribution in [0, 0.1) is 5.82 Å². The summed E-state index contributed by atoms with van der Waals surface area (Å²) in [6, 6.07) is 3.24. The maximum Gasteiger partial charge on any atom is 0.165 e. The van der Waals surface area contributed by atoms with E-state index in [1.54, 1.807) is 19.2 Å². The van der Waals surface area contributed by atoms with Crippen molar-refractivity contribution in [3.8, 4) is 0 Å². The zero-order valence-corrected chi connectivity index (χ0v) is 9.43. The van der Waals surface area contributed by atoms with Crippen LogP contribution in [0.15, 0.2) is 18.3 Å². The molecule has 2 heterocycles. The van der Waals surface area contributed by atoms with Crippen molar-refractivity contribution in [3.05, 3.63) is 24.1 Å². The summed E-state index contributed by atoms with van der Waals surface area (Å²) in [4.78, 5) is 6.06. The Kier molecular flexibility index (Phi) is 3.39. The van der Waals surface area contributed by atoms with Crippen LogP contribution < -0.4 is 4.90 Å². The number of hydrogen-bond donors (Lipinski definition) is 1. The van der Waals surface area contributed by atoms with Gasteiger partial charge < -0.3 is 10.0 Å². The Morgan fingerprint density at radius 2 is 2.50 bits per heavy atom. The van der Waals surface area contributed by atoms with Crippen molar-refractivity contribution in [1.82, 2.24) is 4.98 Å². The number of aliphatic hydroxyl groups is 1. The number of pyridine rings is 1. The second kappa shape index (κ2) is 4.78. The van der Waals surface area contributed by atoms with E-state index in [-0.39, 0.29) is 18.0 Å². The van der Waals surface area contributed by atoms with Crippen molar-refractivity contribution >= 4 is 5.82 Å². The molecule has 1 aromatic rings. The van der Waals surface area contributed by atoms with Gasteiger partial charge in [-0.15, -0.1) is 0 Å². The third kappa shape index (κ3) is 2.32. The molecule has 0 amide bonds. The number of rotatable bonds is 3. The predicted octanol–water partition coefficient (Wildman–Crippen LogP) is 1.96. The van der Waals surface area contributed by atoms with Crippen LogP contribution in [0.4, 0.5) is 10.2 Å². The van der Waals surface area contributed by atoms with Gasteiger partial charge in [-0.1, -0.05) is 0 Å². The first-order valence-corrected chi connectivity index (χ1v) is 5.73. The highest BCUT2D eigenvalue weighted by Gasteiger charge is 2.28. The van der Waals surface area contributed by atoms with Crippen molar-refractivity contribution in [1.29, 1.82) is 0 Å². The number of anilines is 1. The number of aromatic nitrogens is 1.